The highest BCUT2D eigenvalue weighted by Gasteiger charge is 2.35. The van der Waals surface area contributed by atoms with Crippen molar-refractivity contribution in [1.82, 2.24) is 9.47 Å². The highest BCUT2D eigenvalue weighted by molar-refractivity contribution is 8.23. The molecule has 2 aromatic rings. The van der Waals surface area contributed by atoms with Gasteiger partial charge in [-0.25, -0.2) is 0 Å². The maximum atomic E-state index is 12.3. The van der Waals surface area contributed by atoms with Gasteiger partial charge in [-0.05, 0) is 36.6 Å². The van der Waals surface area contributed by atoms with E-state index in [9.17, 15) is 9.59 Å². The molecule has 0 unspecified atom stereocenters. The van der Waals surface area contributed by atoms with Crippen LogP contribution in [0.2, 0.25) is 10.0 Å². The number of carbonyl (C=O) groups excluding carboxylic acids is 1. The Bertz CT molecular complexity index is 1030. The molecule has 152 valence electrons. The summed E-state index contributed by atoms with van der Waals surface area (Å²) in [5, 5.41) is 3.72. The van der Waals surface area contributed by atoms with Gasteiger partial charge in [0, 0.05) is 42.3 Å². The van der Waals surface area contributed by atoms with Crippen LogP contribution in [0.1, 0.15) is 18.0 Å². The zero-order chi connectivity index (χ0) is 20.5. The van der Waals surface area contributed by atoms with Gasteiger partial charge in [0.25, 0.3) is 5.56 Å². The van der Waals surface area contributed by atoms with Crippen molar-refractivity contribution >= 4 is 63.1 Å². The van der Waals surface area contributed by atoms with Crippen LogP contribution in [0.5, 0.6) is 0 Å². The molecule has 4 rings (SSSR count). The molecule has 2 aliphatic heterocycles. The van der Waals surface area contributed by atoms with Crippen molar-refractivity contribution in [2.75, 3.05) is 24.2 Å². The van der Waals surface area contributed by atoms with E-state index in [0.29, 0.717) is 26.0 Å². The lowest BCUT2D eigenvalue weighted by Gasteiger charge is -2.43. The second-order valence-electron chi connectivity index (χ2n) is 7.33. The first-order chi connectivity index (χ1) is 13.9. The smallest absolute Gasteiger partial charge is 0.250 e. The number of halogens is 2. The number of anilines is 1. The second kappa shape index (κ2) is 8.68. The van der Waals surface area contributed by atoms with Gasteiger partial charge >= 0.3 is 0 Å². The predicted molar refractivity (Wildman–Crippen MR) is 123 cm³/mol. The zero-order valence-corrected chi connectivity index (χ0v) is 18.6. The largest absolute Gasteiger partial charge is 0.356 e. The van der Waals surface area contributed by atoms with E-state index in [2.05, 4.69) is 10.2 Å². The van der Waals surface area contributed by atoms with Gasteiger partial charge in [0.1, 0.15) is 4.32 Å². The Hall–Kier alpha value is -1.54. The Morgan fingerprint density at radius 3 is 2.86 bits per heavy atom. The van der Waals surface area contributed by atoms with Crippen LogP contribution in [-0.2, 0) is 11.3 Å². The summed E-state index contributed by atoms with van der Waals surface area (Å²) in [6.45, 7) is 2.31. The van der Waals surface area contributed by atoms with Gasteiger partial charge in [-0.3, -0.25) is 9.59 Å². The average Bonchev–Trinajstić information content (AvgIpc) is 2.69. The van der Waals surface area contributed by atoms with E-state index in [4.69, 9.17) is 35.4 Å². The highest BCUT2D eigenvalue weighted by Crippen LogP contribution is 2.36. The summed E-state index contributed by atoms with van der Waals surface area (Å²) in [7, 11) is 0. The lowest BCUT2D eigenvalue weighted by molar-refractivity contribution is -0.113. The Balaban J connectivity index is 1.36. The topological polar surface area (TPSA) is 54.3 Å². The molecular formula is C20H19Cl2N3O2S2. The minimum Gasteiger partial charge on any atom is -0.356 e. The summed E-state index contributed by atoms with van der Waals surface area (Å²) in [6, 6.07) is 10.4. The molecule has 1 aromatic heterocycles. The molecule has 1 N–H and O–H groups in total. The van der Waals surface area contributed by atoms with Crippen LogP contribution in [0.15, 0.2) is 41.2 Å². The number of hydrogen-bond acceptors (Lipinski definition) is 4. The number of pyridine rings is 1. The van der Waals surface area contributed by atoms with Gasteiger partial charge in [0.2, 0.25) is 5.91 Å². The number of fused-ring (bicyclic) bond motifs is 4. The van der Waals surface area contributed by atoms with E-state index in [1.807, 2.05) is 16.7 Å². The number of thiocarbonyl (C=S) groups is 1. The van der Waals surface area contributed by atoms with E-state index in [1.165, 1.54) is 11.8 Å². The molecule has 5 nitrogen and oxygen atoms in total. The molecule has 3 heterocycles. The van der Waals surface area contributed by atoms with Crippen molar-refractivity contribution in [3.05, 3.63) is 62.5 Å². The number of thioether (sulfide) groups is 1. The van der Waals surface area contributed by atoms with Crippen LogP contribution in [0.25, 0.3) is 0 Å². The number of nitrogens with one attached hydrogen (secondary N) is 1. The molecule has 0 saturated carbocycles. The van der Waals surface area contributed by atoms with Crippen molar-refractivity contribution < 1.29 is 4.79 Å². The van der Waals surface area contributed by atoms with Crippen molar-refractivity contribution in [3.63, 3.8) is 0 Å². The normalized spacial score (nSPS) is 20.1. The third-order valence-electron chi connectivity index (χ3n) is 5.27. The standard InChI is InChI=1S/C20H19Cl2N3O2S2/c21-14-4-5-15(22)16(7-14)23-18(26)11-29-20(28)24-8-12-6-13(10-24)17-2-1-3-19(27)25(17)9-12/h1-5,7,12-13H,6,8-11H2,(H,23,26)/t12-,13-/m1/s1. The second-order valence-corrected chi connectivity index (χ2v) is 9.78. The average molecular weight is 468 g/mol. The zero-order valence-electron chi connectivity index (χ0n) is 15.4. The number of piperidine rings is 1. The predicted octanol–water partition coefficient (Wildman–Crippen LogP) is 4.23. The lowest BCUT2D eigenvalue weighted by atomic mass is 9.83. The third-order valence-corrected chi connectivity index (χ3v) is 7.36. The number of carbonyl (C=O) groups is 1. The summed E-state index contributed by atoms with van der Waals surface area (Å²) >= 11 is 19.0. The van der Waals surface area contributed by atoms with Gasteiger partial charge in [-0.15, -0.1) is 0 Å². The molecule has 9 heteroatoms. The molecule has 1 aromatic carbocycles. The Morgan fingerprint density at radius 1 is 1.21 bits per heavy atom. The lowest BCUT2D eigenvalue weighted by Crippen LogP contribution is -2.48. The molecule has 2 atom stereocenters. The van der Waals surface area contributed by atoms with E-state index in [-0.39, 0.29) is 23.1 Å². The van der Waals surface area contributed by atoms with Crippen LogP contribution < -0.4 is 10.9 Å². The molecule has 0 spiro atoms. The van der Waals surface area contributed by atoms with Crippen molar-refractivity contribution in [2.45, 2.75) is 18.9 Å². The highest BCUT2D eigenvalue weighted by atomic mass is 35.5. The van der Waals surface area contributed by atoms with Gasteiger partial charge in [0.05, 0.1) is 16.5 Å². The van der Waals surface area contributed by atoms with Gasteiger partial charge in [-0.1, -0.05) is 53.2 Å². The summed E-state index contributed by atoms with van der Waals surface area (Å²) in [6.07, 6.45) is 1.07. The number of aromatic nitrogens is 1. The summed E-state index contributed by atoms with van der Waals surface area (Å²) in [4.78, 5) is 26.6. The molecular weight excluding hydrogens is 449 g/mol. The fourth-order valence-electron chi connectivity index (χ4n) is 4.04. The minimum absolute atomic E-state index is 0.0685. The molecule has 0 radical (unpaired) electrons. The number of likely N-dealkylation sites (tertiary alicyclic amines) is 1. The van der Waals surface area contributed by atoms with Crippen LogP contribution in [-0.4, -0.2) is 38.5 Å². The Labute approximate surface area is 188 Å². The first-order valence-corrected chi connectivity index (χ1v) is 11.4. The first kappa shape index (κ1) is 20.7. The van der Waals surface area contributed by atoms with E-state index in [0.717, 1.165) is 31.7 Å². The number of nitrogens with zero attached hydrogens (tertiary/aromatic N) is 2. The number of rotatable bonds is 3. The van der Waals surface area contributed by atoms with Crippen molar-refractivity contribution in [3.8, 4) is 0 Å². The number of benzene rings is 1. The molecule has 29 heavy (non-hydrogen) atoms. The molecule has 2 bridgehead atoms. The maximum absolute atomic E-state index is 12.3. The molecule has 1 amide bonds. The van der Waals surface area contributed by atoms with E-state index in [1.54, 1.807) is 24.3 Å². The van der Waals surface area contributed by atoms with Crippen LogP contribution in [0.4, 0.5) is 5.69 Å². The molecule has 0 aliphatic carbocycles. The fraction of sp³-hybridized carbons (Fsp3) is 0.350. The monoisotopic (exact) mass is 467 g/mol. The molecule has 1 fully saturated rings. The quantitative estimate of drug-likeness (QED) is 0.684. The van der Waals surface area contributed by atoms with Gasteiger partial charge < -0.3 is 14.8 Å². The SMILES string of the molecule is O=C(CSC(=S)N1C[C@H]2C[C@H](C1)c1cccc(=O)n1C2)Nc1cc(Cl)ccc1Cl. The summed E-state index contributed by atoms with van der Waals surface area (Å²) < 4.78 is 2.60. The third kappa shape index (κ3) is 4.63. The van der Waals surface area contributed by atoms with Crippen molar-refractivity contribution in [2.24, 2.45) is 5.92 Å². The number of hydrogen-bond donors (Lipinski definition) is 1. The first-order valence-electron chi connectivity index (χ1n) is 9.27. The van der Waals surface area contributed by atoms with Gasteiger partial charge in [0.15, 0.2) is 0 Å². The van der Waals surface area contributed by atoms with Crippen LogP contribution >= 0.6 is 47.2 Å². The number of amides is 1. The van der Waals surface area contributed by atoms with Crippen LogP contribution in [0.3, 0.4) is 0 Å². The molecule has 1 saturated heterocycles. The minimum atomic E-state index is -0.185. The van der Waals surface area contributed by atoms with Crippen LogP contribution in [0, 0.1) is 5.92 Å². The summed E-state index contributed by atoms with van der Waals surface area (Å²) in [5.74, 6) is 0.687. The Morgan fingerprint density at radius 2 is 2.03 bits per heavy atom. The summed E-state index contributed by atoms with van der Waals surface area (Å²) in [5.41, 5.74) is 1.64. The van der Waals surface area contributed by atoms with E-state index < -0.39 is 0 Å². The maximum Gasteiger partial charge on any atom is 0.250 e. The van der Waals surface area contributed by atoms with Crippen molar-refractivity contribution in [1.29, 1.82) is 0 Å². The fourth-order valence-corrected chi connectivity index (χ4v) is 5.36. The molecule has 2 aliphatic rings. The van der Waals surface area contributed by atoms with Gasteiger partial charge in [-0.2, -0.15) is 0 Å². The van der Waals surface area contributed by atoms with E-state index >= 15 is 0 Å². The Kier molecular flexibility index (Phi) is 6.20.